The van der Waals surface area contributed by atoms with E-state index in [1.54, 1.807) is 5.92 Å². The number of alkyl halides is 13. The Balaban J connectivity index is 3.26. The van der Waals surface area contributed by atoms with Gasteiger partial charge in [-0.1, -0.05) is 30.0 Å². The van der Waals surface area contributed by atoms with Crippen LogP contribution in [0.1, 0.15) is 12.0 Å². The number of hydrogen-bond donors (Lipinski definition) is 1. The molecule has 1 rings (SSSR count). The van der Waals surface area contributed by atoms with Crippen molar-refractivity contribution < 1.29 is 62.2 Å². The zero-order valence-corrected chi connectivity index (χ0v) is 14.0. The molecule has 1 unspecified atom stereocenters. The van der Waals surface area contributed by atoms with E-state index in [0.29, 0.717) is 0 Å². The third-order valence-corrected chi connectivity index (χ3v) is 3.68. The molecule has 0 saturated heterocycles. The van der Waals surface area contributed by atoms with Crippen LogP contribution in [0.4, 0.5) is 57.1 Å². The van der Waals surface area contributed by atoms with E-state index in [0.717, 1.165) is 0 Å². The Labute approximate surface area is 159 Å². The molecule has 1 atom stereocenters. The number of aliphatic hydroxyl groups is 1. The molecule has 0 aromatic heterocycles. The van der Waals surface area contributed by atoms with Gasteiger partial charge in [0.1, 0.15) is 6.10 Å². The third kappa shape index (κ3) is 4.03. The molecule has 0 aliphatic carbocycles. The van der Waals surface area contributed by atoms with E-state index >= 15 is 0 Å². The van der Waals surface area contributed by atoms with Gasteiger partial charge in [-0.05, 0) is 12.1 Å². The Morgan fingerprint density at radius 3 is 1.53 bits per heavy atom. The van der Waals surface area contributed by atoms with Crippen molar-refractivity contribution in [2.45, 2.75) is 48.3 Å². The summed E-state index contributed by atoms with van der Waals surface area (Å²) in [5.41, 5.74) is 0.0708. The Kier molecular flexibility index (Phi) is 6.75. The summed E-state index contributed by atoms with van der Waals surface area (Å²) in [5.74, 6) is -34.2. The summed E-state index contributed by atoms with van der Waals surface area (Å²) in [7, 11) is 0. The SMILES string of the molecule is OC(CC#Cc1ccccc1)C(F)(F)C(F)(F)C(F)(F)C(F)(F)C(F)(F)C(F)(F)F. The first kappa shape index (κ1) is 25.9. The van der Waals surface area contributed by atoms with Crippen LogP contribution < -0.4 is 0 Å². The molecule has 1 aromatic carbocycles. The van der Waals surface area contributed by atoms with Crippen molar-refractivity contribution in [1.82, 2.24) is 0 Å². The summed E-state index contributed by atoms with van der Waals surface area (Å²) in [6.07, 6.45) is -13.1. The molecule has 0 spiro atoms. The topological polar surface area (TPSA) is 20.2 Å². The lowest BCUT2D eigenvalue weighted by atomic mass is 9.91. The summed E-state index contributed by atoms with van der Waals surface area (Å²) in [6, 6.07) is 6.77. The number of aliphatic hydroxyl groups excluding tert-OH is 1. The van der Waals surface area contributed by atoms with E-state index in [1.807, 2.05) is 5.92 Å². The molecule has 0 aliphatic heterocycles. The van der Waals surface area contributed by atoms with Gasteiger partial charge in [0.25, 0.3) is 0 Å². The van der Waals surface area contributed by atoms with E-state index in [1.165, 1.54) is 30.3 Å². The lowest BCUT2D eigenvalue weighted by Crippen LogP contribution is -2.71. The molecule has 1 aromatic rings. The van der Waals surface area contributed by atoms with Crippen LogP contribution in [0.15, 0.2) is 30.3 Å². The van der Waals surface area contributed by atoms with Crippen molar-refractivity contribution in [3.8, 4) is 11.8 Å². The van der Waals surface area contributed by atoms with Crippen molar-refractivity contribution in [3.63, 3.8) is 0 Å². The van der Waals surface area contributed by atoms with Gasteiger partial charge in [-0.25, -0.2) is 0 Å². The second-order valence-electron chi connectivity index (χ2n) is 5.81. The molecule has 0 radical (unpaired) electrons. The quantitative estimate of drug-likeness (QED) is 0.434. The van der Waals surface area contributed by atoms with Crippen LogP contribution in [0.3, 0.4) is 0 Å². The predicted octanol–water partition coefficient (Wildman–Crippen LogP) is 5.53. The molecule has 0 amide bonds. The molecule has 170 valence electrons. The largest absolute Gasteiger partial charge is 0.460 e. The zero-order valence-electron chi connectivity index (χ0n) is 14.0. The van der Waals surface area contributed by atoms with Crippen LogP contribution in [0.2, 0.25) is 0 Å². The fraction of sp³-hybridized carbons (Fsp3) is 0.500. The van der Waals surface area contributed by atoms with Gasteiger partial charge < -0.3 is 5.11 Å². The van der Waals surface area contributed by atoms with Crippen molar-refractivity contribution in [1.29, 1.82) is 0 Å². The van der Waals surface area contributed by atoms with E-state index in [2.05, 4.69) is 0 Å². The van der Waals surface area contributed by atoms with Gasteiger partial charge in [0.05, 0.1) is 0 Å². The van der Waals surface area contributed by atoms with Gasteiger partial charge >= 0.3 is 35.8 Å². The van der Waals surface area contributed by atoms with Gasteiger partial charge in [0, 0.05) is 12.0 Å². The maximum Gasteiger partial charge on any atom is 0.460 e. The number of rotatable bonds is 6. The monoisotopic (exact) mass is 464 g/mol. The first-order valence-corrected chi connectivity index (χ1v) is 7.43. The summed E-state index contributed by atoms with van der Waals surface area (Å²) in [5, 5.41) is 9.06. The standard InChI is InChI=1S/C16H9F13O/c17-11(18,10(30)8-4-7-9-5-2-1-3-6-9)12(19,20)13(21,22)14(23,24)15(25,26)16(27,28)29/h1-3,5-6,10,30H,8H2. The van der Waals surface area contributed by atoms with E-state index < -0.39 is 48.3 Å². The summed E-state index contributed by atoms with van der Waals surface area (Å²) >= 11 is 0. The predicted molar refractivity (Wildman–Crippen MR) is 74.7 cm³/mol. The number of benzene rings is 1. The molecule has 1 N–H and O–H groups in total. The minimum atomic E-state index is -8.00. The molecule has 0 bridgehead atoms. The van der Waals surface area contributed by atoms with Crippen LogP contribution in [-0.2, 0) is 0 Å². The average Bonchev–Trinajstić information content (AvgIpc) is 2.60. The van der Waals surface area contributed by atoms with E-state index in [9.17, 15) is 57.1 Å². The van der Waals surface area contributed by atoms with Crippen LogP contribution in [0.5, 0.6) is 0 Å². The number of hydrogen-bond acceptors (Lipinski definition) is 1. The Hall–Kier alpha value is -2.17. The minimum Gasteiger partial charge on any atom is -0.386 e. The summed E-state index contributed by atoms with van der Waals surface area (Å²) < 4.78 is 168. The van der Waals surface area contributed by atoms with E-state index in [4.69, 9.17) is 5.11 Å². The van der Waals surface area contributed by atoms with Gasteiger partial charge in [0.15, 0.2) is 0 Å². The molecule has 30 heavy (non-hydrogen) atoms. The fourth-order valence-corrected chi connectivity index (χ4v) is 1.89. The molecular weight excluding hydrogens is 455 g/mol. The van der Waals surface area contributed by atoms with Crippen molar-refractivity contribution >= 4 is 0 Å². The molecule has 1 nitrogen and oxygen atoms in total. The number of halogens is 13. The molecule has 14 heteroatoms. The first-order chi connectivity index (χ1) is 13.2. The van der Waals surface area contributed by atoms with Gasteiger partial charge in [0.2, 0.25) is 0 Å². The van der Waals surface area contributed by atoms with Crippen LogP contribution >= 0.6 is 0 Å². The van der Waals surface area contributed by atoms with Crippen molar-refractivity contribution in [2.24, 2.45) is 0 Å². The van der Waals surface area contributed by atoms with Gasteiger partial charge in [-0.15, -0.1) is 0 Å². The highest BCUT2D eigenvalue weighted by Crippen LogP contribution is 2.60. The summed E-state index contributed by atoms with van der Waals surface area (Å²) in [6.45, 7) is 0. The second kappa shape index (κ2) is 7.82. The smallest absolute Gasteiger partial charge is 0.386 e. The van der Waals surface area contributed by atoms with Crippen molar-refractivity contribution in [3.05, 3.63) is 35.9 Å². The van der Waals surface area contributed by atoms with Gasteiger partial charge in [-0.2, -0.15) is 57.1 Å². The Morgan fingerprint density at radius 2 is 1.10 bits per heavy atom. The van der Waals surface area contributed by atoms with Crippen molar-refractivity contribution in [2.75, 3.05) is 0 Å². The van der Waals surface area contributed by atoms with Crippen LogP contribution in [0.25, 0.3) is 0 Å². The lowest BCUT2D eigenvalue weighted by molar-refractivity contribution is -0.444. The molecule has 0 aliphatic rings. The highest BCUT2D eigenvalue weighted by Gasteiger charge is 2.91. The Bertz CT molecular complexity index is 787. The molecular formula is C16H9F13O. The first-order valence-electron chi connectivity index (χ1n) is 7.43. The minimum absolute atomic E-state index is 0.0708. The molecule has 0 saturated carbocycles. The normalized spacial score (nSPS) is 15.4. The Morgan fingerprint density at radius 1 is 0.667 bits per heavy atom. The third-order valence-electron chi connectivity index (χ3n) is 3.68. The maximum atomic E-state index is 13.6. The fourth-order valence-electron chi connectivity index (χ4n) is 1.89. The van der Waals surface area contributed by atoms with Crippen LogP contribution in [-0.4, -0.2) is 47.0 Å². The molecule has 0 heterocycles. The maximum absolute atomic E-state index is 13.6. The van der Waals surface area contributed by atoms with E-state index in [-0.39, 0.29) is 5.56 Å². The highest BCUT2D eigenvalue weighted by atomic mass is 19.4. The highest BCUT2D eigenvalue weighted by molar-refractivity contribution is 5.33. The second-order valence-corrected chi connectivity index (χ2v) is 5.81. The zero-order chi connectivity index (χ0) is 23.8. The van der Waals surface area contributed by atoms with Crippen LogP contribution in [0, 0.1) is 11.8 Å². The lowest BCUT2D eigenvalue weighted by Gasteiger charge is -2.40. The molecule has 0 fully saturated rings. The summed E-state index contributed by atoms with van der Waals surface area (Å²) in [4.78, 5) is 0. The average molecular weight is 464 g/mol. The van der Waals surface area contributed by atoms with Gasteiger partial charge in [-0.3, -0.25) is 0 Å².